The number of pyridine rings is 1. The minimum atomic E-state index is -3.50. The fourth-order valence-electron chi connectivity index (χ4n) is 3.56. The van der Waals surface area contributed by atoms with Gasteiger partial charge in [-0.2, -0.15) is 17.0 Å². The first kappa shape index (κ1) is 23.0. The maximum absolute atomic E-state index is 13.2. The van der Waals surface area contributed by atoms with Crippen molar-refractivity contribution < 1.29 is 17.9 Å². The number of methoxy groups -OCH3 is 1. The van der Waals surface area contributed by atoms with Crippen LogP contribution in [0.15, 0.2) is 42.6 Å². The van der Waals surface area contributed by atoms with Gasteiger partial charge in [-0.15, -0.1) is 0 Å². The van der Waals surface area contributed by atoms with Gasteiger partial charge in [0.1, 0.15) is 11.6 Å². The quantitative estimate of drug-likeness (QED) is 0.667. The van der Waals surface area contributed by atoms with Crippen LogP contribution in [0.4, 0.5) is 11.5 Å². The molecule has 1 saturated heterocycles. The molecule has 0 atom stereocenters. The van der Waals surface area contributed by atoms with Crippen molar-refractivity contribution in [2.75, 3.05) is 51.7 Å². The van der Waals surface area contributed by atoms with Crippen molar-refractivity contribution in [3.8, 4) is 5.75 Å². The minimum absolute atomic E-state index is 0.189. The molecule has 0 aliphatic carbocycles. The Morgan fingerprint density at radius 1 is 1.10 bits per heavy atom. The zero-order valence-electron chi connectivity index (χ0n) is 18.1. The third-order valence-corrected chi connectivity index (χ3v) is 7.47. The molecular formula is C21H29N5O4S. The number of piperazine rings is 1. The molecule has 0 bridgehead atoms. The smallest absolute Gasteiger partial charge is 0.282 e. The average molecular weight is 448 g/mol. The van der Waals surface area contributed by atoms with E-state index in [1.165, 1.54) is 8.61 Å². The molecule has 10 heteroatoms. The zero-order valence-corrected chi connectivity index (χ0v) is 18.9. The van der Waals surface area contributed by atoms with E-state index in [1.807, 2.05) is 38.1 Å². The summed E-state index contributed by atoms with van der Waals surface area (Å²) in [6.45, 7) is 5.65. The highest BCUT2D eigenvalue weighted by Gasteiger charge is 2.32. The Kier molecular flexibility index (Phi) is 7.47. The Morgan fingerprint density at radius 3 is 2.42 bits per heavy atom. The first-order valence-corrected chi connectivity index (χ1v) is 11.7. The summed E-state index contributed by atoms with van der Waals surface area (Å²) in [5.41, 5.74) is 1.13. The van der Waals surface area contributed by atoms with Crippen LogP contribution in [0.5, 0.6) is 5.75 Å². The lowest BCUT2D eigenvalue weighted by Crippen LogP contribution is -2.54. The van der Waals surface area contributed by atoms with Gasteiger partial charge in [-0.25, -0.2) is 4.98 Å². The summed E-state index contributed by atoms with van der Waals surface area (Å²) in [6, 6.07) is 10.8. The summed E-state index contributed by atoms with van der Waals surface area (Å²) >= 11 is 0. The summed E-state index contributed by atoms with van der Waals surface area (Å²) in [7, 11) is -1.92. The molecule has 1 aliphatic heterocycles. The van der Waals surface area contributed by atoms with Gasteiger partial charge in [0.2, 0.25) is 0 Å². The largest absolute Gasteiger partial charge is 0.495 e. The van der Waals surface area contributed by atoms with Crippen molar-refractivity contribution in [3.63, 3.8) is 0 Å². The summed E-state index contributed by atoms with van der Waals surface area (Å²) in [5, 5.41) is 3.18. The first-order valence-electron chi connectivity index (χ1n) is 10.3. The highest BCUT2D eigenvalue weighted by Crippen LogP contribution is 2.28. The van der Waals surface area contributed by atoms with Gasteiger partial charge in [0, 0.05) is 45.5 Å². The third-order valence-electron chi connectivity index (χ3n) is 5.28. The van der Waals surface area contributed by atoms with Crippen LogP contribution in [-0.4, -0.2) is 79.2 Å². The Bertz CT molecular complexity index is 1000. The SMILES string of the molecule is CCN(CC)S(=O)(=O)N1CCN(C(=O)c2cccnc2Nc2ccccc2OC)CC1. The molecule has 1 N–H and O–H groups in total. The fraction of sp³-hybridized carbons (Fsp3) is 0.429. The first-order chi connectivity index (χ1) is 14.9. The summed E-state index contributed by atoms with van der Waals surface area (Å²) in [4.78, 5) is 19.2. The third kappa shape index (κ3) is 4.97. The Hall–Kier alpha value is -2.69. The second kappa shape index (κ2) is 10.1. The van der Waals surface area contributed by atoms with E-state index in [9.17, 15) is 13.2 Å². The molecule has 0 unspecified atom stereocenters. The zero-order chi connectivity index (χ0) is 22.4. The number of aromatic nitrogens is 1. The number of carbonyl (C=O) groups is 1. The monoisotopic (exact) mass is 447 g/mol. The molecule has 31 heavy (non-hydrogen) atoms. The molecule has 1 amide bonds. The standard InChI is InChI=1S/C21H29N5O4S/c1-4-25(5-2)31(28,29)26-15-13-24(14-16-26)21(27)17-9-8-12-22-20(17)23-18-10-6-7-11-19(18)30-3/h6-12H,4-5,13-16H2,1-3H3,(H,22,23). The highest BCUT2D eigenvalue weighted by atomic mass is 32.2. The van der Waals surface area contributed by atoms with Gasteiger partial charge in [-0.05, 0) is 24.3 Å². The molecular weight excluding hydrogens is 418 g/mol. The van der Waals surface area contributed by atoms with Crippen LogP contribution in [0, 0.1) is 0 Å². The van der Waals surface area contributed by atoms with E-state index in [-0.39, 0.29) is 19.0 Å². The molecule has 0 spiro atoms. The highest BCUT2D eigenvalue weighted by molar-refractivity contribution is 7.86. The average Bonchev–Trinajstić information content (AvgIpc) is 2.80. The van der Waals surface area contributed by atoms with Gasteiger partial charge in [0.25, 0.3) is 16.1 Å². The predicted molar refractivity (Wildman–Crippen MR) is 120 cm³/mol. The van der Waals surface area contributed by atoms with Gasteiger partial charge in [-0.3, -0.25) is 4.79 Å². The molecule has 3 rings (SSSR count). The predicted octanol–water partition coefficient (Wildman–Crippen LogP) is 2.18. The molecule has 2 heterocycles. The molecule has 9 nitrogen and oxygen atoms in total. The molecule has 0 radical (unpaired) electrons. The number of carbonyl (C=O) groups excluding carboxylic acids is 1. The lowest BCUT2D eigenvalue weighted by atomic mass is 10.2. The summed E-state index contributed by atoms with van der Waals surface area (Å²) < 4.78 is 33.7. The topological polar surface area (TPSA) is 95.1 Å². The number of nitrogens with zero attached hydrogens (tertiary/aromatic N) is 4. The van der Waals surface area contributed by atoms with Gasteiger partial charge >= 0.3 is 0 Å². The van der Waals surface area contributed by atoms with Crippen LogP contribution in [0.25, 0.3) is 0 Å². The van der Waals surface area contributed by atoms with Crippen molar-refractivity contribution in [3.05, 3.63) is 48.2 Å². The lowest BCUT2D eigenvalue weighted by Gasteiger charge is -2.36. The maximum Gasteiger partial charge on any atom is 0.282 e. The molecule has 1 aromatic heterocycles. The fourth-order valence-corrected chi connectivity index (χ4v) is 5.16. The second-order valence-electron chi connectivity index (χ2n) is 7.01. The number of rotatable bonds is 8. The number of hydrogen-bond donors (Lipinski definition) is 1. The number of hydrogen-bond acceptors (Lipinski definition) is 6. The van der Waals surface area contributed by atoms with E-state index in [2.05, 4.69) is 10.3 Å². The van der Waals surface area contributed by atoms with E-state index < -0.39 is 10.2 Å². The van der Waals surface area contributed by atoms with Crippen LogP contribution in [-0.2, 0) is 10.2 Å². The number of amides is 1. The van der Waals surface area contributed by atoms with E-state index in [0.29, 0.717) is 49.0 Å². The van der Waals surface area contributed by atoms with Gasteiger partial charge < -0.3 is 15.0 Å². The molecule has 168 valence electrons. The van der Waals surface area contributed by atoms with Crippen LogP contribution in [0.1, 0.15) is 24.2 Å². The van der Waals surface area contributed by atoms with Gasteiger partial charge in [0.15, 0.2) is 0 Å². The summed E-state index contributed by atoms with van der Waals surface area (Å²) in [5.74, 6) is 0.877. The number of anilines is 2. The maximum atomic E-state index is 13.2. The van der Waals surface area contributed by atoms with E-state index in [0.717, 1.165) is 0 Å². The van der Waals surface area contributed by atoms with Crippen molar-refractivity contribution in [2.45, 2.75) is 13.8 Å². The van der Waals surface area contributed by atoms with E-state index >= 15 is 0 Å². The van der Waals surface area contributed by atoms with Crippen molar-refractivity contribution >= 4 is 27.6 Å². The second-order valence-corrected chi connectivity index (χ2v) is 8.94. The Morgan fingerprint density at radius 2 is 1.77 bits per heavy atom. The van der Waals surface area contributed by atoms with E-state index in [1.54, 1.807) is 30.3 Å². The van der Waals surface area contributed by atoms with Crippen LogP contribution < -0.4 is 10.1 Å². The number of ether oxygens (including phenoxy) is 1. The van der Waals surface area contributed by atoms with Crippen molar-refractivity contribution in [2.24, 2.45) is 0 Å². The normalized spacial score (nSPS) is 15.2. The van der Waals surface area contributed by atoms with Crippen LogP contribution in [0.3, 0.4) is 0 Å². The molecule has 1 fully saturated rings. The van der Waals surface area contributed by atoms with Crippen molar-refractivity contribution in [1.82, 2.24) is 18.5 Å². The molecule has 0 saturated carbocycles. The number of benzene rings is 1. The Labute approximate surface area is 183 Å². The minimum Gasteiger partial charge on any atom is -0.495 e. The molecule has 1 aromatic carbocycles. The number of nitrogens with one attached hydrogen (secondary N) is 1. The van der Waals surface area contributed by atoms with Gasteiger partial charge in [-0.1, -0.05) is 26.0 Å². The van der Waals surface area contributed by atoms with Crippen molar-refractivity contribution in [1.29, 1.82) is 0 Å². The summed E-state index contributed by atoms with van der Waals surface area (Å²) in [6.07, 6.45) is 1.61. The molecule has 2 aromatic rings. The number of para-hydroxylation sites is 2. The van der Waals surface area contributed by atoms with E-state index in [4.69, 9.17) is 4.74 Å². The lowest BCUT2D eigenvalue weighted by molar-refractivity contribution is 0.0695. The Balaban J connectivity index is 1.74. The van der Waals surface area contributed by atoms with Crippen LogP contribution >= 0.6 is 0 Å². The van der Waals surface area contributed by atoms with Crippen LogP contribution in [0.2, 0.25) is 0 Å². The van der Waals surface area contributed by atoms with Gasteiger partial charge in [0.05, 0.1) is 18.4 Å². The molecule has 1 aliphatic rings.